The lowest BCUT2D eigenvalue weighted by Gasteiger charge is -2.28. The van der Waals surface area contributed by atoms with Gasteiger partial charge in [-0.3, -0.25) is 4.79 Å². The molecule has 1 aliphatic rings. The van der Waals surface area contributed by atoms with Gasteiger partial charge in [0.25, 0.3) is 5.91 Å². The Morgan fingerprint density at radius 2 is 1.81 bits per heavy atom. The van der Waals surface area contributed by atoms with E-state index in [0.29, 0.717) is 23.6 Å². The summed E-state index contributed by atoms with van der Waals surface area (Å²) in [6.45, 7) is 3.64. The third-order valence-electron chi connectivity index (χ3n) is 4.49. The molecule has 0 atom stereocenters. The van der Waals surface area contributed by atoms with Gasteiger partial charge >= 0.3 is 0 Å². The Labute approximate surface area is 156 Å². The number of methoxy groups -OCH3 is 2. The second kappa shape index (κ2) is 6.98. The maximum atomic E-state index is 14.1. The summed E-state index contributed by atoms with van der Waals surface area (Å²) in [6.07, 6.45) is 0.450. The molecule has 7 heteroatoms. The molecule has 1 aliphatic heterocycles. The van der Waals surface area contributed by atoms with Crippen LogP contribution in [0.3, 0.4) is 0 Å². The first-order valence-corrected chi connectivity index (χ1v) is 8.37. The maximum absolute atomic E-state index is 14.1. The maximum Gasteiger partial charge on any atom is 0.277 e. The SMILES string of the molecule is COc1ccc(C2=NN(C(=O)c3cccc(F)c3F)C(C)(C)C2)cc1OC. The predicted octanol–water partition coefficient (Wildman–Crippen LogP) is 4.01. The van der Waals surface area contributed by atoms with E-state index in [-0.39, 0.29) is 5.56 Å². The molecular weight excluding hydrogens is 354 g/mol. The standard InChI is InChI=1S/C20H20F2N2O3/c1-20(2)11-15(12-8-9-16(26-3)17(10-12)27-4)23-24(20)19(25)13-6-5-7-14(21)18(13)22/h5-10H,11H2,1-4H3. The summed E-state index contributed by atoms with van der Waals surface area (Å²) < 4.78 is 38.1. The molecule has 3 rings (SSSR count). The molecule has 0 saturated carbocycles. The summed E-state index contributed by atoms with van der Waals surface area (Å²) in [5.74, 6) is -1.81. The van der Waals surface area contributed by atoms with E-state index in [4.69, 9.17) is 9.47 Å². The van der Waals surface area contributed by atoms with Crippen molar-refractivity contribution in [2.75, 3.05) is 14.2 Å². The van der Waals surface area contributed by atoms with Gasteiger partial charge < -0.3 is 9.47 Å². The molecule has 5 nitrogen and oxygen atoms in total. The van der Waals surface area contributed by atoms with Gasteiger partial charge in [0.2, 0.25) is 0 Å². The number of carbonyl (C=O) groups is 1. The number of rotatable bonds is 4. The normalized spacial score (nSPS) is 15.5. The van der Waals surface area contributed by atoms with E-state index < -0.39 is 23.1 Å². The third-order valence-corrected chi connectivity index (χ3v) is 4.49. The van der Waals surface area contributed by atoms with Crippen LogP contribution < -0.4 is 9.47 Å². The van der Waals surface area contributed by atoms with E-state index in [1.807, 2.05) is 19.9 Å². The number of benzene rings is 2. The van der Waals surface area contributed by atoms with E-state index in [9.17, 15) is 13.6 Å². The number of nitrogens with zero attached hydrogens (tertiary/aromatic N) is 2. The number of hydrogen-bond donors (Lipinski definition) is 0. The van der Waals surface area contributed by atoms with Crippen molar-refractivity contribution in [3.8, 4) is 11.5 Å². The number of hydrazone groups is 1. The van der Waals surface area contributed by atoms with E-state index in [0.717, 1.165) is 11.6 Å². The number of hydrogen-bond acceptors (Lipinski definition) is 4. The first-order chi connectivity index (χ1) is 12.8. The molecule has 0 saturated heterocycles. The molecule has 0 fully saturated rings. The topological polar surface area (TPSA) is 51.1 Å². The van der Waals surface area contributed by atoms with Crippen LogP contribution in [-0.2, 0) is 0 Å². The molecule has 0 N–H and O–H groups in total. The first kappa shape index (κ1) is 18.8. The van der Waals surface area contributed by atoms with Gasteiger partial charge in [-0.15, -0.1) is 0 Å². The van der Waals surface area contributed by atoms with E-state index in [1.165, 1.54) is 24.3 Å². The van der Waals surface area contributed by atoms with Crippen molar-refractivity contribution in [2.45, 2.75) is 25.8 Å². The number of ether oxygens (including phenoxy) is 2. The molecule has 0 aliphatic carbocycles. The fourth-order valence-corrected chi connectivity index (χ4v) is 3.05. The minimum Gasteiger partial charge on any atom is -0.493 e. The van der Waals surface area contributed by atoms with Gasteiger partial charge in [-0.1, -0.05) is 6.07 Å². The van der Waals surface area contributed by atoms with Crippen molar-refractivity contribution >= 4 is 11.6 Å². The fourth-order valence-electron chi connectivity index (χ4n) is 3.05. The van der Waals surface area contributed by atoms with E-state index in [2.05, 4.69) is 5.10 Å². The van der Waals surface area contributed by atoms with Crippen LogP contribution in [0.2, 0.25) is 0 Å². The zero-order valence-corrected chi connectivity index (χ0v) is 15.5. The molecule has 0 unspecified atom stereocenters. The van der Waals surface area contributed by atoms with Gasteiger partial charge in [-0.05, 0) is 44.2 Å². The number of amides is 1. The second-order valence-electron chi connectivity index (χ2n) is 6.82. The Morgan fingerprint density at radius 1 is 1.11 bits per heavy atom. The highest BCUT2D eigenvalue weighted by Gasteiger charge is 2.40. The Kier molecular flexibility index (Phi) is 4.87. The molecule has 0 aromatic heterocycles. The summed E-state index contributed by atoms with van der Waals surface area (Å²) in [4.78, 5) is 12.8. The van der Waals surface area contributed by atoms with Crippen molar-refractivity contribution in [2.24, 2.45) is 5.10 Å². The molecule has 27 heavy (non-hydrogen) atoms. The molecule has 0 spiro atoms. The zero-order valence-electron chi connectivity index (χ0n) is 15.5. The molecule has 0 bridgehead atoms. The van der Waals surface area contributed by atoms with Crippen LogP contribution in [0.1, 0.15) is 36.2 Å². The minimum absolute atomic E-state index is 0.347. The van der Waals surface area contributed by atoms with Crippen LogP contribution in [0.25, 0.3) is 0 Å². The van der Waals surface area contributed by atoms with Crippen LogP contribution in [-0.4, -0.2) is 36.4 Å². The first-order valence-electron chi connectivity index (χ1n) is 8.37. The summed E-state index contributed by atoms with van der Waals surface area (Å²) in [6, 6.07) is 8.85. The molecule has 2 aromatic rings. The van der Waals surface area contributed by atoms with Crippen LogP contribution >= 0.6 is 0 Å². The quantitative estimate of drug-likeness (QED) is 0.813. The summed E-state index contributed by atoms with van der Waals surface area (Å²) in [5.41, 5.74) is 0.362. The van der Waals surface area contributed by atoms with Crippen molar-refractivity contribution in [3.05, 3.63) is 59.2 Å². The van der Waals surface area contributed by atoms with Gasteiger partial charge in [0.1, 0.15) is 0 Å². The molecule has 2 aromatic carbocycles. The zero-order chi connectivity index (χ0) is 19.8. The van der Waals surface area contributed by atoms with Crippen LogP contribution in [0.4, 0.5) is 8.78 Å². The molecule has 142 valence electrons. The van der Waals surface area contributed by atoms with Crippen LogP contribution in [0.5, 0.6) is 11.5 Å². The minimum atomic E-state index is -1.17. The Hall–Kier alpha value is -2.96. The summed E-state index contributed by atoms with van der Waals surface area (Å²) in [7, 11) is 3.08. The lowest BCUT2D eigenvalue weighted by molar-refractivity contribution is 0.0606. The smallest absolute Gasteiger partial charge is 0.277 e. The van der Waals surface area contributed by atoms with Gasteiger partial charge in [-0.25, -0.2) is 13.8 Å². The predicted molar refractivity (Wildman–Crippen MR) is 97.3 cm³/mol. The average molecular weight is 374 g/mol. The molecular formula is C20H20F2N2O3. The van der Waals surface area contributed by atoms with Crippen molar-refractivity contribution < 1.29 is 23.0 Å². The summed E-state index contributed by atoms with van der Waals surface area (Å²) >= 11 is 0. The Morgan fingerprint density at radius 3 is 2.48 bits per heavy atom. The lowest BCUT2D eigenvalue weighted by atomic mass is 9.94. The van der Waals surface area contributed by atoms with E-state index in [1.54, 1.807) is 19.2 Å². The van der Waals surface area contributed by atoms with Gasteiger partial charge in [-0.2, -0.15) is 5.10 Å². The molecule has 1 amide bonds. The van der Waals surface area contributed by atoms with E-state index >= 15 is 0 Å². The second-order valence-corrected chi connectivity index (χ2v) is 6.82. The highest BCUT2D eigenvalue weighted by molar-refractivity contribution is 6.05. The third kappa shape index (κ3) is 3.37. The molecule has 1 heterocycles. The largest absolute Gasteiger partial charge is 0.493 e. The highest BCUT2D eigenvalue weighted by Crippen LogP contribution is 2.34. The highest BCUT2D eigenvalue weighted by atomic mass is 19.2. The van der Waals surface area contributed by atoms with Crippen molar-refractivity contribution in [1.29, 1.82) is 0 Å². The van der Waals surface area contributed by atoms with Crippen molar-refractivity contribution in [3.63, 3.8) is 0 Å². The number of carbonyl (C=O) groups excluding carboxylic acids is 1. The van der Waals surface area contributed by atoms with Crippen molar-refractivity contribution in [1.82, 2.24) is 5.01 Å². The Bertz CT molecular complexity index is 925. The van der Waals surface area contributed by atoms with Gasteiger partial charge in [0.05, 0.1) is 31.0 Å². The summed E-state index contributed by atoms with van der Waals surface area (Å²) in [5, 5.41) is 5.61. The molecule has 0 radical (unpaired) electrons. The van der Waals surface area contributed by atoms with Crippen LogP contribution in [0.15, 0.2) is 41.5 Å². The fraction of sp³-hybridized carbons (Fsp3) is 0.300. The average Bonchev–Trinajstić information content (AvgIpc) is 2.98. The Balaban J connectivity index is 1.99. The van der Waals surface area contributed by atoms with Gasteiger partial charge in [0.15, 0.2) is 23.1 Å². The lowest BCUT2D eigenvalue weighted by Crippen LogP contribution is -2.41. The number of halogens is 2. The van der Waals surface area contributed by atoms with Gasteiger partial charge in [0, 0.05) is 12.0 Å². The van der Waals surface area contributed by atoms with Crippen LogP contribution in [0, 0.1) is 11.6 Å². The monoisotopic (exact) mass is 374 g/mol.